The SMILES string of the molecule is CC1=C(C#N)C2=S(OC(c3ccccc3)=C2)S1. The molecule has 2 heterocycles. The van der Waals surface area contributed by atoms with Gasteiger partial charge < -0.3 is 4.18 Å². The zero-order valence-electron chi connectivity index (χ0n) is 9.14. The Balaban J connectivity index is 1.98. The summed E-state index contributed by atoms with van der Waals surface area (Å²) in [5, 5.41) is 9.12. The van der Waals surface area contributed by atoms with E-state index in [9.17, 15) is 0 Å². The van der Waals surface area contributed by atoms with Crippen molar-refractivity contribution in [2.45, 2.75) is 6.92 Å². The quantitative estimate of drug-likeness (QED) is 0.567. The summed E-state index contributed by atoms with van der Waals surface area (Å²) in [6.07, 6.45) is 2.00. The van der Waals surface area contributed by atoms with Gasteiger partial charge in [0.15, 0.2) is 0 Å². The van der Waals surface area contributed by atoms with Crippen LogP contribution in [0.3, 0.4) is 0 Å². The predicted molar refractivity (Wildman–Crippen MR) is 74.0 cm³/mol. The number of hydrogen-bond donors (Lipinski definition) is 0. The summed E-state index contributed by atoms with van der Waals surface area (Å²) in [5.74, 6) is 0.872. The van der Waals surface area contributed by atoms with E-state index in [2.05, 4.69) is 6.07 Å². The summed E-state index contributed by atoms with van der Waals surface area (Å²) in [4.78, 5) is 2.10. The highest BCUT2D eigenvalue weighted by Gasteiger charge is 2.28. The standard InChI is InChI=1S/C13H9NOS2/c1-9-11(8-14)13-7-12(15-17(13)16-9)10-5-3-2-4-6-10/h2-7H,1H3. The lowest BCUT2D eigenvalue weighted by molar-refractivity contribution is 0.615. The highest BCUT2D eigenvalue weighted by Crippen LogP contribution is 2.53. The van der Waals surface area contributed by atoms with Gasteiger partial charge in [0.25, 0.3) is 0 Å². The van der Waals surface area contributed by atoms with Crippen molar-refractivity contribution in [1.29, 1.82) is 5.26 Å². The van der Waals surface area contributed by atoms with Crippen molar-refractivity contribution in [2.75, 3.05) is 0 Å². The first-order valence-electron chi connectivity index (χ1n) is 5.16. The lowest BCUT2D eigenvalue weighted by atomic mass is 10.1. The molecule has 1 aromatic carbocycles. The fourth-order valence-corrected chi connectivity index (χ4v) is 5.27. The lowest BCUT2D eigenvalue weighted by Gasteiger charge is -2.06. The van der Waals surface area contributed by atoms with E-state index in [1.165, 1.54) is 0 Å². The van der Waals surface area contributed by atoms with E-state index in [-0.39, 0.29) is 9.80 Å². The Labute approximate surface area is 106 Å². The number of rotatable bonds is 1. The van der Waals surface area contributed by atoms with Gasteiger partial charge in [-0.3, -0.25) is 0 Å². The molecule has 0 fully saturated rings. The first-order valence-corrected chi connectivity index (χ1v) is 7.64. The molecule has 2 nitrogen and oxygen atoms in total. The number of benzene rings is 1. The first-order chi connectivity index (χ1) is 8.29. The van der Waals surface area contributed by atoms with Crippen LogP contribution < -0.4 is 0 Å². The molecule has 0 saturated heterocycles. The highest BCUT2D eigenvalue weighted by molar-refractivity contribution is 8.84. The van der Waals surface area contributed by atoms with Gasteiger partial charge in [-0.1, -0.05) is 30.3 Å². The highest BCUT2D eigenvalue weighted by atomic mass is 33.1. The average molecular weight is 259 g/mol. The molecule has 3 rings (SSSR count). The monoisotopic (exact) mass is 259 g/mol. The van der Waals surface area contributed by atoms with Gasteiger partial charge in [0, 0.05) is 16.5 Å². The Morgan fingerprint density at radius 1 is 1.29 bits per heavy atom. The Kier molecular flexibility index (Phi) is 2.58. The van der Waals surface area contributed by atoms with Gasteiger partial charge in [-0.05, 0) is 17.7 Å². The molecule has 0 saturated carbocycles. The molecule has 0 spiro atoms. The molecule has 2 aliphatic rings. The van der Waals surface area contributed by atoms with E-state index < -0.39 is 0 Å². The molecule has 17 heavy (non-hydrogen) atoms. The second kappa shape index (κ2) is 4.10. The van der Waals surface area contributed by atoms with Crippen molar-refractivity contribution in [3.05, 3.63) is 52.4 Å². The summed E-state index contributed by atoms with van der Waals surface area (Å²) < 4.78 is 5.90. The molecule has 0 bridgehead atoms. The summed E-state index contributed by atoms with van der Waals surface area (Å²) in [6.45, 7) is 1.97. The van der Waals surface area contributed by atoms with E-state index in [0.29, 0.717) is 0 Å². The molecule has 1 aromatic rings. The van der Waals surface area contributed by atoms with Crippen molar-refractivity contribution >= 4 is 31.2 Å². The minimum atomic E-state index is -0.314. The van der Waals surface area contributed by atoms with Crippen LogP contribution >= 0.6 is 20.6 Å². The third kappa shape index (κ3) is 1.72. The van der Waals surface area contributed by atoms with E-state index in [4.69, 9.17) is 9.44 Å². The summed E-state index contributed by atoms with van der Waals surface area (Å²) in [7, 11) is 1.33. The Morgan fingerprint density at radius 2 is 2.06 bits per heavy atom. The van der Waals surface area contributed by atoms with E-state index in [1.54, 1.807) is 10.8 Å². The molecule has 0 aliphatic carbocycles. The molecule has 0 N–H and O–H groups in total. The van der Waals surface area contributed by atoms with Gasteiger partial charge in [0.2, 0.25) is 0 Å². The molecule has 0 radical (unpaired) electrons. The van der Waals surface area contributed by atoms with Gasteiger partial charge in [-0.25, -0.2) is 0 Å². The maximum atomic E-state index is 9.12. The molecule has 1 atom stereocenters. The topological polar surface area (TPSA) is 33.0 Å². The van der Waals surface area contributed by atoms with Gasteiger partial charge in [-0.2, -0.15) is 5.26 Å². The zero-order chi connectivity index (χ0) is 11.8. The van der Waals surface area contributed by atoms with Crippen molar-refractivity contribution < 1.29 is 4.18 Å². The first kappa shape index (κ1) is 10.7. The molecule has 4 heteroatoms. The lowest BCUT2D eigenvalue weighted by Crippen LogP contribution is -1.92. The van der Waals surface area contributed by atoms with Crippen LogP contribution in [0.25, 0.3) is 5.76 Å². The number of nitrogens with zero attached hydrogens (tertiary/aromatic N) is 1. The zero-order valence-corrected chi connectivity index (χ0v) is 10.8. The van der Waals surface area contributed by atoms with Crippen LogP contribution in [0, 0.1) is 11.3 Å². The number of allylic oxidation sites excluding steroid dienone is 3. The second-order valence-corrected chi connectivity index (χ2v) is 6.95. The van der Waals surface area contributed by atoms with Crippen LogP contribution in [0.1, 0.15) is 12.5 Å². The third-order valence-electron chi connectivity index (χ3n) is 2.58. The molecule has 0 amide bonds. The van der Waals surface area contributed by atoms with Gasteiger partial charge in [-0.15, -0.1) is 0 Å². The van der Waals surface area contributed by atoms with Crippen molar-refractivity contribution in [1.82, 2.24) is 0 Å². The Hall–Kier alpha value is -1.44. The van der Waals surface area contributed by atoms with E-state index in [0.717, 1.165) is 26.7 Å². The molecule has 0 aromatic heterocycles. The number of hydrogen-bond acceptors (Lipinski definition) is 3. The van der Waals surface area contributed by atoms with Crippen LogP contribution in [0.2, 0.25) is 0 Å². The smallest absolute Gasteiger partial charge is 0.146 e. The van der Waals surface area contributed by atoms with Crippen LogP contribution in [0.15, 0.2) is 46.9 Å². The van der Waals surface area contributed by atoms with Crippen LogP contribution in [0.4, 0.5) is 0 Å². The molecular weight excluding hydrogens is 250 g/mol. The van der Waals surface area contributed by atoms with Crippen LogP contribution in [0.5, 0.6) is 0 Å². The average Bonchev–Trinajstić information content (AvgIpc) is 2.86. The largest absolute Gasteiger partial charge is 0.422 e. The maximum Gasteiger partial charge on any atom is 0.146 e. The van der Waals surface area contributed by atoms with E-state index in [1.807, 2.05) is 43.3 Å². The molecule has 2 aliphatic heterocycles. The predicted octanol–water partition coefficient (Wildman–Crippen LogP) is 3.87. The third-order valence-corrected chi connectivity index (χ3v) is 6.14. The molecule has 1 unspecified atom stereocenters. The number of nitriles is 1. The Morgan fingerprint density at radius 3 is 2.76 bits per heavy atom. The van der Waals surface area contributed by atoms with E-state index >= 15 is 0 Å². The van der Waals surface area contributed by atoms with Gasteiger partial charge in [0.1, 0.15) is 11.8 Å². The fourth-order valence-electron chi connectivity index (χ4n) is 1.73. The van der Waals surface area contributed by atoms with Crippen LogP contribution in [-0.4, -0.2) is 4.86 Å². The summed E-state index contributed by atoms with van der Waals surface area (Å²) >= 11 is 0. The maximum absolute atomic E-state index is 9.12. The van der Waals surface area contributed by atoms with Gasteiger partial charge in [0.05, 0.1) is 20.2 Å². The second-order valence-electron chi connectivity index (χ2n) is 3.68. The van der Waals surface area contributed by atoms with Crippen LogP contribution in [-0.2, 0) is 4.18 Å². The minimum Gasteiger partial charge on any atom is -0.422 e. The molecule has 84 valence electrons. The van der Waals surface area contributed by atoms with Crippen molar-refractivity contribution in [3.8, 4) is 6.07 Å². The fraction of sp³-hybridized carbons (Fsp3) is 0.0769. The summed E-state index contributed by atoms with van der Waals surface area (Å²) in [6, 6.07) is 12.3. The normalized spacial score (nSPS) is 22.0. The minimum absolute atomic E-state index is 0.314. The molecular formula is C13H9NOS2. The van der Waals surface area contributed by atoms with Crippen molar-refractivity contribution in [2.24, 2.45) is 0 Å². The Bertz CT molecular complexity index is 621. The van der Waals surface area contributed by atoms with Gasteiger partial charge >= 0.3 is 0 Å². The van der Waals surface area contributed by atoms with Crippen molar-refractivity contribution in [3.63, 3.8) is 0 Å². The summed E-state index contributed by atoms with van der Waals surface area (Å²) in [5.41, 5.74) is 1.85.